The van der Waals surface area contributed by atoms with Crippen LogP contribution in [-0.2, 0) is 11.2 Å². The summed E-state index contributed by atoms with van der Waals surface area (Å²) in [6.45, 7) is 5.49. The Morgan fingerprint density at radius 2 is 1.77 bits per heavy atom. The SMILES string of the molecule is Cl.Cl.NC[C@@H]1CN(CC(=O)NCCN2CCc3ccccc32)C[C@H]1c1ccccc1. The monoisotopic (exact) mass is 450 g/mol. The molecule has 7 heteroatoms. The molecule has 30 heavy (non-hydrogen) atoms. The Kier molecular flexibility index (Phi) is 9.43. The molecule has 1 saturated heterocycles. The molecule has 0 bridgehead atoms. The minimum Gasteiger partial charge on any atom is -0.369 e. The number of nitrogens with one attached hydrogen (secondary N) is 1. The minimum absolute atomic E-state index is 0. The fourth-order valence-corrected chi connectivity index (χ4v) is 4.63. The molecule has 0 aliphatic carbocycles. The predicted molar refractivity (Wildman–Crippen MR) is 128 cm³/mol. The third-order valence-electron chi connectivity index (χ3n) is 6.10. The van der Waals surface area contributed by atoms with Gasteiger partial charge in [0.1, 0.15) is 0 Å². The molecule has 0 spiro atoms. The summed E-state index contributed by atoms with van der Waals surface area (Å²) >= 11 is 0. The summed E-state index contributed by atoms with van der Waals surface area (Å²) in [5.41, 5.74) is 10.1. The molecule has 1 fully saturated rings. The topological polar surface area (TPSA) is 61.6 Å². The van der Waals surface area contributed by atoms with Crippen molar-refractivity contribution in [2.24, 2.45) is 11.7 Å². The first-order valence-corrected chi connectivity index (χ1v) is 10.3. The van der Waals surface area contributed by atoms with Gasteiger partial charge in [-0.25, -0.2) is 0 Å². The van der Waals surface area contributed by atoms with E-state index in [0.717, 1.165) is 32.6 Å². The summed E-state index contributed by atoms with van der Waals surface area (Å²) in [4.78, 5) is 17.1. The Morgan fingerprint density at radius 3 is 2.53 bits per heavy atom. The molecule has 164 valence electrons. The Bertz CT molecular complexity index is 805. The summed E-state index contributed by atoms with van der Waals surface area (Å²) in [6.07, 6.45) is 1.10. The molecule has 2 aromatic carbocycles. The van der Waals surface area contributed by atoms with Gasteiger partial charge in [-0.15, -0.1) is 24.8 Å². The van der Waals surface area contributed by atoms with E-state index in [0.29, 0.717) is 31.5 Å². The van der Waals surface area contributed by atoms with Gasteiger partial charge in [-0.3, -0.25) is 9.69 Å². The Hall–Kier alpha value is -1.79. The van der Waals surface area contributed by atoms with Crippen LogP contribution in [0.4, 0.5) is 5.69 Å². The molecule has 0 unspecified atom stereocenters. The van der Waals surface area contributed by atoms with Gasteiger partial charge in [0.15, 0.2) is 0 Å². The molecule has 2 aliphatic heterocycles. The Labute approximate surface area is 191 Å². The number of carbonyl (C=O) groups is 1. The van der Waals surface area contributed by atoms with Gasteiger partial charge >= 0.3 is 0 Å². The number of fused-ring (bicyclic) bond motifs is 1. The largest absolute Gasteiger partial charge is 0.369 e. The lowest BCUT2D eigenvalue weighted by Crippen LogP contribution is -2.40. The first-order valence-electron chi connectivity index (χ1n) is 10.3. The lowest BCUT2D eigenvalue weighted by atomic mass is 9.89. The zero-order valence-corrected chi connectivity index (χ0v) is 18.8. The number of rotatable bonds is 7. The highest BCUT2D eigenvalue weighted by Gasteiger charge is 2.33. The van der Waals surface area contributed by atoms with Crippen molar-refractivity contribution in [1.82, 2.24) is 10.2 Å². The van der Waals surface area contributed by atoms with E-state index in [9.17, 15) is 4.79 Å². The van der Waals surface area contributed by atoms with Crippen LogP contribution in [0.25, 0.3) is 0 Å². The second kappa shape index (κ2) is 11.6. The number of anilines is 1. The molecule has 0 radical (unpaired) electrons. The highest BCUT2D eigenvalue weighted by atomic mass is 35.5. The van der Waals surface area contributed by atoms with Gasteiger partial charge in [0.25, 0.3) is 0 Å². The van der Waals surface area contributed by atoms with Crippen molar-refractivity contribution in [3.8, 4) is 0 Å². The van der Waals surface area contributed by atoms with E-state index in [2.05, 4.69) is 63.6 Å². The zero-order chi connectivity index (χ0) is 19.3. The van der Waals surface area contributed by atoms with Crippen LogP contribution in [0.5, 0.6) is 0 Å². The molecule has 2 heterocycles. The van der Waals surface area contributed by atoms with Crippen molar-refractivity contribution >= 4 is 36.4 Å². The van der Waals surface area contributed by atoms with Crippen LogP contribution in [0.2, 0.25) is 0 Å². The number of hydrogen-bond donors (Lipinski definition) is 2. The van der Waals surface area contributed by atoms with E-state index in [4.69, 9.17) is 5.73 Å². The highest BCUT2D eigenvalue weighted by molar-refractivity contribution is 5.85. The van der Waals surface area contributed by atoms with Gasteiger partial charge in [-0.05, 0) is 36.1 Å². The van der Waals surface area contributed by atoms with E-state index in [1.165, 1.54) is 16.8 Å². The minimum atomic E-state index is 0. The van der Waals surface area contributed by atoms with Crippen molar-refractivity contribution in [2.45, 2.75) is 12.3 Å². The quantitative estimate of drug-likeness (QED) is 0.680. The number of benzene rings is 2. The second-order valence-electron chi connectivity index (χ2n) is 7.92. The van der Waals surface area contributed by atoms with Crippen LogP contribution in [0.15, 0.2) is 54.6 Å². The molecule has 0 saturated carbocycles. The maximum absolute atomic E-state index is 12.5. The Balaban J connectivity index is 0.00000160. The molecule has 4 rings (SSSR count). The molecular weight excluding hydrogens is 419 g/mol. The number of halogens is 2. The summed E-state index contributed by atoms with van der Waals surface area (Å²) in [7, 11) is 0. The van der Waals surface area contributed by atoms with Crippen LogP contribution in [0, 0.1) is 5.92 Å². The smallest absolute Gasteiger partial charge is 0.234 e. The fourth-order valence-electron chi connectivity index (χ4n) is 4.63. The first kappa shape index (κ1) is 24.5. The summed E-state index contributed by atoms with van der Waals surface area (Å²) in [5, 5.41) is 3.10. The molecule has 3 N–H and O–H groups in total. The zero-order valence-electron chi connectivity index (χ0n) is 17.2. The van der Waals surface area contributed by atoms with Crippen molar-refractivity contribution in [3.63, 3.8) is 0 Å². The van der Waals surface area contributed by atoms with Crippen LogP contribution in [0.3, 0.4) is 0 Å². The average molecular weight is 451 g/mol. The number of hydrogen-bond acceptors (Lipinski definition) is 4. The molecule has 0 aromatic heterocycles. The maximum Gasteiger partial charge on any atom is 0.234 e. The third kappa shape index (κ3) is 5.67. The van der Waals surface area contributed by atoms with Crippen LogP contribution in [-0.4, -0.2) is 56.6 Å². The van der Waals surface area contributed by atoms with E-state index in [-0.39, 0.29) is 30.7 Å². The lowest BCUT2D eigenvalue weighted by Gasteiger charge is -2.20. The maximum atomic E-state index is 12.5. The number of para-hydroxylation sites is 1. The van der Waals surface area contributed by atoms with Crippen molar-refractivity contribution < 1.29 is 4.79 Å². The van der Waals surface area contributed by atoms with Gasteiger partial charge in [-0.2, -0.15) is 0 Å². The van der Waals surface area contributed by atoms with E-state index in [1.54, 1.807) is 0 Å². The Morgan fingerprint density at radius 1 is 1.03 bits per heavy atom. The average Bonchev–Trinajstić information content (AvgIpc) is 3.33. The van der Waals surface area contributed by atoms with Gasteiger partial charge in [0.05, 0.1) is 6.54 Å². The number of nitrogens with two attached hydrogens (primary N) is 1. The van der Waals surface area contributed by atoms with Gasteiger partial charge in [0.2, 0.25) is 5.91 Å². The van der Waals surface area contributed by atoms with Crippen molar-refractivity contribution in [3.05, 3.63) is 65.7 Å². The van der Waals surface area contributed by atoms with Gasteiger partial charge < -0.3 is 16.0 Å². The van der Waals surface area contributed by atoms with Crippen LogP contribution >= 0.6 is 24.8 Å². The molecule has 2 aliphatic rings. The van der Waals surface area contributed by atoms with Gasteiger partial charge in [-0.1, -0.05) is 48.5 Å². The van der Waals surface area contributed by atoms with Crippen molar-refractivity contribution in [2.75, 3.05) is 50.7 Å². The van der Waals surface area contributed by atoms with Crippen LogP contribution in [0.1, 0.15) is 17.0 Å². The standard InChI is InChI=1S/C23H30N4O.2ClH/c24-14-20-15-26(16-21(20)18-6-2-1-3-7-18)17-23(28)25-11-13-27-12-10-19-8-4-5-9-22(19)27;;/h1-9,20-21H,10-17,24H2,(H,25,28);2*1H/t20-,21+;;/m1../s1. The molecule has 2 atom stereocenters. The predicted octanol–water partition coefficient (Wildman–Crippen LogP) is 2.68. The molecular formula is C23H32Cl2N4O. The summed E-state index contributed by atoms with van der Waals surface area (Å²) < 4.78 is 0. The van der Waals surface area contributed by atoms with E-state index in [1.807, 2.05) is 6.07 Å². The fraction of sp³-hybridized carbons (Fsp3) is 0.435. The van der Waals surface area contributed by atoms with Crippen molar-refractivity contribution in [1.29, 1.82) is 0 Å². The first-order chi connectivity index (χ1) is 13.7. The number of carbonyl (C=O) groups excluding carboxylic acids is 1. The normalized spacial score (nSPS) is 20.2. The summed E-state index contributed by atoms with van der Waals surface area (Å²) in [5.74, 6) is 0.938. The molecule has 1 amide bonds. The second-order valence-corrected chi connectivity index (χ2v) is 7.92. The van der Waals surface area contributed by atoms with Gasteiger partial charge in [0, 0.05) is 44.3 Å². The van der Waals surface area contributed by atoms with E-state index < -0.39 is 0 Å². The number of amides is 1. The lowest BCUT2D eigenvalue weighted by molar-refractivity contribution is -0.121. The van der Waals surface area contributed by atoms with E-state index >= 15 is 0 Å². The number of likely N-dealkylation sites (tertiary alicyclic amines) is 1. The van der Waals surface area contributed by atoms with Crippen LogP contribution < -0.4 is 16.0 Å². The highest BCUT2D eigenvalue weighted by Crippen LogP contribution is 2.31. The molecule has 5 nitrogen and oxygen atoms in total. The molecule has 2 aromatic rings. The summed E-state index contributed by atoms with van der Waals surface area (Å²) in [6, 6.07) is 19.1. The number of nitrogens with zero attached hydrogens (tertiary/aromatic N) is 2. The third-order valence-corrected chi connectivity index (χ3v) is 6.10.